The fraction of sp³-hybridized carbons (Fsp3) is 0.854. The molecule has 0 saturated carbocycles. The predicted molar refractivity (Wildman–Crippen MR) is 252 cm³/mol. The molecule has 4 aliphatic rings. The Kier molecular flexibility index (Phi) is 19.0. The van der Waals surface area contributed by atoms with Crippen molar-refractivity contribution in [2.75, 3.05) is 45.1 Å². The summed E-state index contributed by atoms with van der Waals surface area (Å²) < 4.78 is 83.5. The van der Waals surface area contributed by atoms with Gasteiger partial charge in [-0.2, -0.15) is 12.7 Å². The van der Waals surface area contributed by atoms with E-state index in [0.29, 0.717) is 6.54 Å². The number of rotatable bonds is 12. The van der Waals surface area contributed by atoms with E-state index < -0.39 is 124 Å². The van der Waals surface area contributed by atoms with E-state index in [-0.39, 0.29) is 43.8 Å². The third-order valence-corrected chi connectivity index (χ3v) is 16.9. The molecular formula is C48H83FN4O14S. The lowest BCUT2D eigenvalue weighted by atomic mass is 9.74. The van der Waals surface area contributed by atoms with Gasteiger partial charge >= 0.3 is 16.2 Å². The fourth-order valence-corrected chi connectivity index (χ4v) is 12.1. The Morgan fingerprint density at radius 1 is 0.985 bits per heavy atom. The Bertz CT molecular complexity index is 1910. The standard InChI is InChI=1S/C48H83FN4O14S/c1-13-37-47(10,58)41(55)32(6)50-26-28(2)24-45(8,57)42(67-44-39(54)36(22-29(3)63-44)52(11)68(60,61)51-35-19-17-18-34(49)23-35)30(4)40(31(5)43(56)65-37)66-38-25-46(9,62-12)48(59,33(7)64-38)27-53-20-15-14-16-21-53/h17-19,23,28-33,36-42,44,50-51,54-55,57-59H,13-16,20-22,24-27H2,1-12H3/t28-,29+,30+,31-,32-,33+,36-,37-,38+,39+,40+,41-,42-,44-,45-,46-,47-,48+/m1/s1. The number of likely N-dealkylation sites (N-methyl/N-ethyl adjacent to an activating group) is 1. The highest BCUT2D eigenvalue weighted by atomic mass is 32.2. The SMILES string of the molecule is CC[C@H]1OC(=O)[C@H](C)[C@@H](O[C@H]2C[C@@](C)(OC)[C@](O)(CN3CCCCC3)[C@H](C)O2)[C@H](C)[C@@H](O[C@H]2O[C@@H](C)C[C@@H](N(C)S(=O)(=O)Nc3cccc(F)c3)[C@@H]2O)[C@](C)(O)C[C@@H](C)CN[C@H](C)[C@@H](O)[C@]1(C)O. The number of nitrogens with zero attached hydrogens (tertiary/aromatic N) is 2. The third kappa shape index (κ3) is 12.7. The smallest absolute Gasteiger partial charge is 0.311 e. The number of likely N-dealkylation sites (tertiary alicyclic amines) is 1. The van der Waals surface area contributed by atoms with Crippen LogP contribution in [0.4, 0.5) is 10.1 Å². The Labute approximate surface area is 403 Å². The number of hydrogen-bond donors (Lipinski definition) is 7. The van der Waals surface area contributed by atoms with Gasteiger partial charge in [0.05, 0.1) is 47.7 Å². The summed E-state index contributed by atoms with van der Waals surface area (Å²) in [6, 6.07) is 3.16. The van der Waals surface area contributed by atoms with E-state index in [1.807, 2.05) is 6.92 Å². The van der Waals surface area contributed by atoms with E-state index in [1.165, 1.54) is 39.3 Å². The normalized spacial score (nSPS) is 43.3. The first-order valence-corrected chi connectivity index (χ1v) is 25.9. The predicted octanol–water partition coefficient (Wildman–Crippen LogP) is 3.28. The highest BCUT2D eigenvalue weighted by Crippen LogP contribution is 2.44. The van der Waals surface area contributed by atoms with Crippen molar-refractivity contribution in [3.8, 4) is 0 Å². The molecule has 4 aliphatic heterocycles. The molecule has 0 spiro atoms. The van der Waals surface area contributed by atoms with Gasteiger partial charge in [-0.15, -0.1) is 0 Å². The Morgan fingerprint density at radius 2 is 1.65 bits per heavy atom. The van der Waals surface area contributed by atoms with Gasteiger partial charge in [0.1, 0.15) is 40.9 Å². The van der Waals surface area contributed by atoms with Gasteiger partial charge in [-0.3, -0.25) is 9.52 Å². The number of halogens is 1. The van der Waals surface area contributed by atoms with Gasteiger partial charge in [-0.1, -0.05) is 33.3 Å². The minimum Gasteiger partial charge on any atom is -0.459 e. The van der Waals surface area contributed by atoms with Gasteiger partial charge in [0.15, 0.2) is 12.6 Å². The summed E-state index contributed by atoms with van der Waals surface area (Å²) in [6.45, 7) is 19.1. The summed E-state index contributed by atoms with van der Waals surface area (Å²) in [4.78, 5) is 16.8. The van der Waals surface area contributed by atoms with Crippen molar-refractivity contribution < 1.29 is 71.6 Å². The second kappa shape index (κ2) is 22.7. The van der Waals surface area contributed by atoms with Crippen molar-refractivity contribution in [2.24, 2.45) is 17.8 Å². The molecule has 1 aromatic carbocycles. The van der Waals surface area contributed by atoms with Crippen LogP contribution in [0.25, 0.3) is 0 Å². The molecule has 0 aromatic heterocycles. The number of anilines is 1. The number of benzene rings is 1. The molecule has 4 fully saturated rings. The molecule has 0 amide bonds. The van der Waals surface area contributed by atoms with Crippen LogP contribution in [0.5, 0.6) is 0 Å². The van der Waals surface area contributed by atoms with Crippen molar-refractivity contribution in [3.05, 3.63) is 30.1 Å². The van der Waals surface area contributed by atoms with Crippen LogP contribution in [0.15, 0.2) is 24.3 Å². The van der Waals surface area contributed by atoms with Gasteiger partial charge in [0.2, 0.25) is 0 Å². The number of aliphatic hydroxyl groups is 5. The highest BCUT2D eigenvalue weighted by Gasteiger charge is 2.59. The zero-order chi connectivity index (χ0) is 50.7. The first kappa shape index (κ1) is 56.8. The van der Waals surface area contributed by atoms with Gasteiger partial charge in [-0.05, 0) is 124 Å². The molecule has 0 aliphatic carbocycles. The second-order valence-corrected chi connectivity index (χ2v) is 22.8. The number of aliphatic hydroxyl groups excluding tert-OH is 2. The number of carbonyl (C=O) groups is 1. The van der Waals surface area contributed by atoms with Crippen LogP contribution in [0.3, 0.4) is 0 Å². The quantitative estimate of drug-likeness (QED) is 0.149. The zero-order valence-electron chi connectivity index (χ0n) is 42.3. The monoisotopic (exact) mass is 991 g/mol. The van der Waals surface area contributed by atoms with Crippen molar-refractivity contribution in [3.63, 3.8) is 0 Å². The van der Waals surface area contributed by atoms with Crippen molar-refractivity contribution in [1.29, 1.82) is 0 Å². The number of ether oxygens (including phenoxy) is 6. The van der Waals surface area contributed by atoms with E-state index in [9.17, 15) is 43.1 Å². The maximum atomic E-state index is 14.6. The number of β-amino-alcohol motifs (C(OH)–C–C–N with tert-alkyl or cyclic N) is 1. The lowest BCUT2D eigenvalue weighted by Crippen LogP contribution is -2.70. The summed E-state index contributed by atoms with van der Waals surface area (Å²) in [7, 11) is -1.57. The Morgan fingerprint density at radius 3 is 2.26 bits per heavy atom. The number of hydrogen-bond acceptors (Lipinski definition) is 16. The number of esters is 1. The average Bonchev–Trinajstić information content (AvgIpc) is 3.27. The average molecular weight is 991 g/mol. The fourth-order valence-electron chi connectivity index (χ4n) is 11.0. The zero-order valence-corrected chi connectivity index (χ0v) is 43.1. The van der Waals surface area contributed by atoms with E-state index in [2.05, 4.69) is 14.9 Å². The summed E-state index contributed by atoms with van der Waals surface area (Å²) in [5.74, 6) is -3.87. The largest absolute Gasteiger partial charge is 0.459 e. The molecule has 0 unspecified atom stereocenters. The minimum atomic E-state index is -4.38. The molecule has 7 N–H and O–H groups in total. The Balaban J connectivity index is 1.55. The van der Waals surface area contributed by atoms with Gasteiger partial charge in [0, 0.05) is 39.1 Å². The van der Waals surface area contributed by atoms with Crippen LogP contribution in [0.1, 0.15) is 114 Å². The maximum absolute atomic E-state index is 14.6. The van der Waals surface area contributed by atoms with E-state index >= 15 is 0 Å². The van der Waals surface area contributed by atoms with Gasteiger partial charge in [0.25, 0.3) is 0 Å². The van der Waals surface area contributed by atoms with Crippen molar-refractivity contribution in [1.82, 2.24) is 14.5 Å². The number of nitrogens with one attached hydrogen (secondary N) is 2. The van der Waals surface area contributed by atoms with E-state index in [1.54, 1.807) is 55.4 Å². The lowest BCUT2D eigenvalue weighted by molar-refractivity contribution is -0.339. The number of methoxy groups -OCH3 is 1. The molecule has 1 aromatic rings. The van der Waals surface area contributed by atoms with E-state index in [4.69, 9.17) is 28.4 Å². The van der Waals surface area contributed by atoms with Crippen LogP contribution >= 0.6 is 0 Å². The molecule has 20 heteroatoms. The molecule has 0 bridgehead atoms. The summed E-state index contributed by atoms with van der Waals surface area (Å²) in [5.41, 5.74) is -6.37. The number of cyclic esters (lactones) is 1. The molecule has 5 rings (SSSR count). The van der Waals surface area contributed by atoms with Crippen LogP contribution in [-0.2, 0) is 43.4 Å². The lowest BCUT2D eigenvalue weighted by Gasteiger charge is -2.55. The Hall–Kier alpha value is -2.15. The summed E-state index contributed by atoms with van der Waals surface area (Å²) in [6.07, 6.45) is -7.40. The number of piperidine rings is 1. The molecule has 392 valence electrons. The summed E-state index contributed by atoms with van der Waals surface area (Å²) >= 11 is 0. The molecule has 4 heterocycles. The van der Waals surface area contributed by atoms with Gasteiger partial charge < -0.3 is 64.2 Å². The molecular weight excluding hydrogens is 908 g/mol. The maximum Gasteiger partial charge on any atom is 0.311 e. The highest BCUT2D eigenvalue weighted by molar-refractivity contribution is 7.90. The second-order valence-electron chi connectivity index (χ2n) is 21.0. The molecule has 18 atom stereocenters. The topological polar surface area (TPSA) is 238 Å². The third-order valence-electron chi connectivity index (χ3n) is 15.4. The summed E-state index contributed by atoms with van der Waals surface area (Å²) in [5, 5.41) is 63.8. The van der Waals surface area contributed by atoms with Gasteiger partial charge in [-0.25, -0.2) is 4.39 Å². The number of carbonyl (C=O) groups excluding carboxylic acids is 1. The molecule has 0 radical (unpaired) electrons. The minimum absolute atomic E-state index is 0.0200. The van der Waals surface area contributed by atoms with Crippen LogP contribution < -0.4 is 10.0 Å². The van der Waals surface area contributed by atoms with Crippen LogP contribution in [0.2, 0.25) is 0 Å². The molecule has 4 saturated heterocycles. The van der Waals surface area contributed by atoms with Crippen LogP contribution in [-0.4, -0.2) is 179 Å². The van der Waals surface area contributed by atoms with Crippen molar-refractivity contribution in [2.45, 2.75) is 204 Å². The first-order valence-electron chi connectivity index (χ1n) is 24.5. The first-order chi connectivity index (χ1) is 31.6. The van der Waals surface area contributed by atoms with Crippen LogP contribution in [0, 0.1) is 23.6 Å². The molecule has 18 nitrogen and oxygen atoms in total. The van der Waals surface area contributed by atoms with E-state index in [0.717, 1.165) is 42.7 Å². The molecule has 68 heavy (non-hydrogen) atoms. The van der Waals surface area contributed by atoms with Crippen molar-refractivity contribution >= 4 is 21.9 Å².